The second-order valence-electron chi connectivity index (χ2n) is 0.810. The highest BCUT2D eigenvalue weighted by atomic mass is 33.5. The fraction of sp³-hybridized carbons (Fsp3) is 1.00. The van der Waals surface area contributed by atoms with Gasteiger partial charge in [-0.1, -0.05) is 0 Å². The maximum Gasteiger partial charge on any atom is 0.242 e. The third-order valence-electron chi connectivity index (χ3n) is 0.395. The minimum absolute atomic E-state index is 0.413. The van der Waals surface area contributed by atoms with Crippen molar-refractivity contribution in [2.24, 2.45) is 0 Å². The molecule has 0 saturated carbocycles. The van der Waals surface area contributed by atoms with Gasteiger partial charge in [-0.3, -0.25) is 0 Å². The number of rotatable bonds is 2. The van der Waals surface area contributed by atoms with Gasteiger partial charge in [-0.05, 0) is 6.92 Å². The maximum absolute atomic E-state index is 10.2. The van der Waals surface area contributed by atoms with Crippen LogP contribution in [-0.4, -0.2) is 14.9 Å². The summed E-state index contributed by atoms with van der Waals surface area (Å²) in [6.45, 7) is 1.70. The van der Waals surface area contributed by atoms with Crippen molar-refractivity contribution >= 4 is 31.1 Å². The van der Waals surface area contributed by atoms with Gasteiger partial charge in [-0.25, -0.2) is 0 Å². The van der Waals surface area contributed by atoms with Crippen LogP contribution in [0.2, 0.25) is 0 Å². The van der Waals surface area contributed by atoms with Crippen LogP contribution in [0.3, 0.4) is 0 Å². The Bertz CT molecular complexity index is 48.2. The highest BCUT2D eigenvalue weighted by Gasteiger charge is 2.16. The van der Waals surface area contributed by atoms with Crippen LogP contribution < -0.4 is 0 Å². The molecule has 2 unspecified atom stereocenters. The summed E-state index contributed by atoms with van der Waals surface area (Å²) in [4.78, 5) is 0. The summed E-state index contributed by atoms with van der Waals surface area (Å²) in [5.74, 6) is 0.413. The summed E-state index contributed by atoms with van der Waals surface area (Å²) in [6.07, 6.45) is 0. The summed E-state index contributed by atoms with van der Waals surface area (Å²) < 4.78 is 20.3. The molecule has 5 heteroatoms. The molecule has 0 N–H and O–H groups in total. The third-order valence-corrected chi connectivity index (χ3v) is 4.34. The molecule has 0 heterocycles. The Labute approximate surface area is 53.2 Å². The van der Waals surface area contributed by atoms with E-state index >= 15 is 0 Å². The maximum atomic E-state index is 10.2. The van der Waals surface area contributed by atoms with E-state index in [-0.39, 0.29) is 0 Å². The van der Waals surface area contributed by atoms with E-state index in [1.54, 1.807) is 6.92 Å². The van der Waals surface area contributed by atoms with Gasteiger partial charge in [0, 0.05) is 0 Å². The van der Waals surface area contributed by atoms with Gasteiger partial charge in [-0.2, -0.15) is 0 Å². The van der Waals surface area contributed by atoms with Gasteiger partial charge in [0.05, 0.1) is 0 Å². The largest absolute Gasteiger partial charge is 0.570 e. The van der Waals surface area contributed by atoms with Crippen LogP contribution in [0, 0.1) is 0 Å². The molecule has 7 heavy (non-hydrogen) atoms. The monoisotopic (exact) mass is 158 g/mol. The third kappa shape index (κ3) is 3.54. The normalized spacial score (nSPS) is 18.9. The van der Waals surface area contributed by atoms with Gasteiger partial charge in [0.25, 0.3) is 0 Å². The van der Waals surface area contributed by atoms with Crippen LogP contribution in [0.5, 0.6) is 0 Å². The number of hydrogen-bond acceptors (Lipinski definition) is 3. The predicted octanol–water partition coefficient (Wildman–Crippen LogP) is 0.264. The second-order valence-corrected chi connectivity index (χ2v) is 6.19. The van der Waals surface area contributed by atoms with E-state index in [4.69, 9.17) is 0 Å². The Kier molecular flexibility index (Phi) is 4.45. The van der Waals surface area contributed by atoms with Crippen molar-refractivity contribution < 1.29 is 9.11 Å². The molecule has 0 aromatic rings. The van der Waals surface area contributed by atoms with Crippen molar-refractivity contribution in [2.75, 3.05) is 5.75 Å². The standard InChI is InChI=1S/C2H6O2S3/c1-2-6(3)7(4)5/h2H2,1H3,(H,4,5). The Balaban J connectivity index is 3.14. The van der Waals surface area contributed by atoms with E-state index in [2.05, 4.69) is 11.7 Å². The molecule has 0 fully saturated rings. The van der Waals surface area contributed by atoms with Crippen molar-refractivity contribution in [1.82, 2.24) is 0 Å². The molecule has 0 aromatic heterocycles. The first kappa shape index (κ1) is 7.97. The Hall–Kier alpha value is 0.970. The fourth-order valence-electron chi connectivity index (χ4n) is 0.101. The lowest BCUT2D eigenvalue weighted by Crippen LogP contribution is -2.10. The van der Waals surface area contributed by atoms with Crippen molar-refractivity contribution in [1.29, 1.82) is 0 Å². The first-order valence-electron chi connectivity index (χ1n) is 1.68. The molecule has 0 bridgehead atoms. The Morgan fingerprint density at radius 3 is 2.00 bits per heavy atom. The molecule has 0 saturated heterocycles. The van der Waals surface area contributed by atoms with E-state index < -0.39 is 19.4 Å². The van der Waals surface area contributed by atoms with E-state index in [9.17, 15) is 9.11 Å². The summed E-state index contributed by atoms with van der Waals surface area (Å²) in [5.41, 5.74) is 0. The highest BCUT2D eigenvalue weighted by Crippen LogP contribution is 2.06. The summed E-state index contributed by atoms with van der Waals surface area (Å²) in [6, 6.07) is 0. The minimum atomic E-state index is -1.44. The van der Waals surface area contributed by atoms with E-state index in [0.29, 0.717) is 5.75 Å². The molecule has 0 amide bonds. The van der Waals surface area contributed by atoms with Crippen LogP contribution in [0.15, 0.2) is 0 Å². The first-order chi connectivity index (χ1) is 3.18. The lowest BCUT2D eigenvalue weighted by Gasteiger charge is -2.01. The lowest BCUT2D eigenvalue weighted by molar-refractivity contribution is 0.591. The summed E-state index contributed by atoms with van der Waals surface area (Å²) in [5, 5.41) is 0. The zero-order valence-corrected chi connectivity index (χ0v) is 6.31. The molecule has 0 rings (SSSR count). The number of hydrogen-bond donors (Lipinski definition) is 1. The van der Waals surface area contributed by atoms with Crippen molar-refractivity contribution in [3.63, 3.8) is 0 Å². The van der Waals surface area contributed by atoms with Crippen molar-refractivity contribution in [3.8, 4) is 0 Å². The summed E-state index contributed by atoms with van der Waals surface area (Å²) in [7, 11) is -2.69. The Morgan fingerprint density at radius 2 is 2.00 bits per heavy atom. The number of thiol groups is 1. The minimum Gasteiger partial charge on any atom is -0.570 e. The van der Waals surface area contributed by atoms with Crippen molar-refractivity contribution in [3.05, 3.63) is 0 Å². The molecule has 0 aromatic carbocycles. The molecule has 0 spiro atoms. The fourth-order valence-corrected chi connectivity index (χ4v) is 1.86. The van der Waals surface area contributed by atoms with Crippen LogP contribution in [-0.2, 0) is 19.4 Å². The molecule has 2 nitrogen and oxygen atoms in total. The molecule has 0 radical (unpaired) electrons. The zero-order valence-electron chi connectivity index (χ0n) is 3.79. The quantitative estimate of drug-likeness (QED) is 0.356. The average Bonchev–Trinajstić information content (AvgIpc) is 1.65. The summed E-state index contributed by atoms with van der Waals surface area (Å²) >= 11 is 3.45. The Morgan fingerprint density at radius 1 is 1.57 bits per heavy atom. The molecule has 0 aliphatic carbocycles. The average molecular weight is 158 g/mol. The van der Waals surface area contributed by atoms with Crippen LogP contribution >= 0.6 is 11.7 Å². The predicted molar refractivity (Wildman–Crippen MR) is 35.8 cm³/mol. The van der Waals surface area contributed by atoms with Crippen molar-refractivity contribution in [2.45, 2.75) is 6.92 Å². The molecule has 0 aliphatic rings. The highest BCUT2D eigenvalue weighted by molar-refractivity contribution is 8.97. The van der Waals surface area contributed by atoms with Gasteiger partial charge in [0.15, 0.2) is 16.0 Å². The SMILES string of the molecule is CC[S+]([O-])[S+]([O-])S. The molecular formula is C2H6O2S3. The molecule has 2 atom stereocenters. The van der Waals surface area contributed by atoms with Crippen LogP contribution in [0.1, 0.15) is 6.92 Å². The van der Waals surface area contributed by atoms with Gasteiger partial charge in [-0.15, -0.1) is 0 Å². The topological polar surface area (TPSA) is 46.1 Å². The van der Waals surface area contributed by atoms with Gasteiger partial charge in [0.1, 0.15) is 11.7 Å². The van der Waals surface area contributed by atoms with E-state index in [1.807, 2.05) is 0 Å². The first-order valence-corrected chi connectivity index (χ1v) is 5.72. The smallest absolute Gasteiger partial charge is 0.242 e. The van der Waals surface area contributed by atoms with Crippen LogP contribution in [0.4, 0.5) is 0 Å². The molecular weight excluding hydrogens is 152 g/mol. The molecule has 44 valence electrons. The molecule has 0 aliphatic heterocycles. The zero-order chi connectivity index (χ0) is 5.86. The lowest BCUT2D eigenvalue weighted by atomic mass is 11.0. The van der Waals surface area contributed by atoms with Gasteiger partial charge >= 0.3 is 0 Å². The van der Waals surface area contributed by atoms with Crippen LogP contribution in [0.25, 0.3) is 0 Å². The van der Waals surface area contributed by atoms with Gasteiger partial charge < -0.3 is 9.11 Å². The van der Waals surface area contributed by atoms with E-state index in [1.165, 1.54) is 0 Å². The second kappa shape index (κ2) is 3.91. The van der Waals surface area contributed by atoms with E-state index in [0.717, 1.165) is 0 Å². The van der Waals surface area contributed by atoms with Gasteiger partial charge in [0.2, 0.25) is 9.24 Å².